The van der Waals surface area contributed by atoms with Gasteiger partial charge in [0.05, 0.1) is 11.4 Å². The van der Waals surface area contributed by atoms with Crippen LogP contribution >= 0.6 is 0 Å². The molecular formula is C19H15NO. The zero-order valence-corrected chi connectivity index (χ0v) is 11.5. The van der Waals surface area contributed by atoms with E-state index in [0.717, 1.165) is 29.3 Å². The Hall–Kier alpha value is -2.74. The van der Waals surface area contributed by atoms with Gasteiger partial charge < -0.3 is 10.1 Å². The number of benzene rings is 3. The molecule has 102 valence electrons. The van der Waals surface area contributed by atoms with E-state index >= 15 is 0 Å². The van der Waals surface area contributed by atoms with Crippen LogP contribution in [0, 0.1) is 0 Å². The van der Waals surface area contributed by atoms with Crippen LogP contribution in [0.1, 0.15) is 11.1 Å². The van der Waals surface area contributed by atoms with E-state index in [1.54, 1.807) is 0 Å². The fraction of sp³-hybridized carbons (Fsp3) is 0.0526. The third-order valence-electron chi connectivity index (χ3n) is 3.72. The van der Waals surface area contributed by atoms with Crippen LogP contribution in [0.15, 0.2) is 72.8 Å². The molecule has 3 aromatic rings. The number of fused-ring (bicyclic) bond motifs is 2. The first kappa shape index (κ1) is 12.0. The molecule has 0 amide bonds. The highest BCUT2D eigenvalue weighted by Crippen LogP contribution is 2.43. The van der Waals surface area contributed by atoms with Crippen molar-refractivity contribution in [1.29, 1.82) is 0 Å². The fourth-order valence-corrected chi connectivity index (χ4v) is 2.68. The number of rotatable bonds is 2. The van der Waals surface area contributed by atoms with Crippen LogP contribution in [-0.4, -0.2) is 0 Å². The van der Waals surface area contributed by atoms with E-state index < -0.39 is 0 Å². The van der Waals surface area contributed by atoms with E-state index in [9.17, 15) is 0 Å². The number of anilines is 2. The van der Waals surface area contributed by atoms with E-state index in [0.29, 0.717) is 0 Å². The highest BCUT2D eigenvalue weighted by Gasteiger charge is 2.18. The Morgan fingerprint density at radius 2 is 1.48 bits per heavy atom. The summed E-state index contributed by atoms with van der Waals surface area (Å²) in [5.74, 6) is 1.77. The average Bonchev–Trinajstić information content (AvgIpc) is 2.54. The number of nitrogens with one attached hydrogen (secondary N) is 1. The Labute approximate surface area is 124 Å². The summed E-state index contributed by atoms with van der Waals surface area (Å²) in [6, 6.07) is 24.7. The summed E-state index contributed by atoms with van der Waals surface area (Å²) in [6.45, 7) is 0. The normalized spacial score (nSPS) is 11.8. The SMILES string of the molecule is c1ccc(Cc2cccc3c2Nc2ccccc2O3)cc1. The van der Waals surface area contributed by atoms with E-state index in [2.05, 4.69) is 35.6 Å². The molecule has 21 heavy (non-hydrogen) atoms. The molecule has 2 nitrogen and oxygen atoms in total. The fourth-order valence-electron chi connectivity index (χ4n) is 2.68. The number of para-hydroxylation sites is 3. The molecule has 0 fully saturated rings. The molecule has 1 aliphatic heterocycles. The summed E-state index contributed by atoms with van der Waals surface area (Å²) in [6.07, 6.45) is 0.891. The van der Waals surface area contributed by atoms with Crippen molar-refractivity contribution in [2.45, 2.75) is 6.42 Å². The van der Waals surface area contributed by atoms with Gasteiger partial charge in [-0.25, -0.2) is 0 Å². The van der Waals surface area contributed by atoms with Gasteiger partial charge in [0.15, 0.2) is 11.5 Å². The van der Waals surface area contributed by atoms with Crippen molar-refractivity contribution in [1.82, 2.24) is 0 Å². The predicted molar refractivity (Wildman–Crippen MR) is 85.5 cm³/mol. The molecule has 1 N–H and O–H groups in total. The van der Waals surface area contributed by atoms with E-state index in [4.69, 9.17) is 4.74 Å². The maximum absolute atomic E-state index is 5.99. The maximum atomic E-state index is 5.99. The summed E-state index contributed by atoms with van der Waals surface area (Å²) < 4.78 is 5.99. The van der Waals surface area contributed by atoms with Gasteiger partial charge in [0, 0.05) is 0 Å². The van der Waals surface area contributed by atoms with Gasteiger partial charge in [-0.2, -0.15) is 0 Å². The van der Waals surface area contributed by atoms with Crippen molar-refractivity contribution in [3.05, 3.63) is 83.9 Å². The molecule has 0 aromatic heterocycles. The second kappa shape index (κ2) is 4.98. The van der Waals surface area contributed by atoms with Gasteiger partial charge in [-0.15, -0.1) is 0 Å². The first-order valence-corrected chi connectivity index (χ1v) is 7.10. The molecular weight excluding hydrogens is 258 g/mol. The molecule has 0 saturated carbocycles. The minimum Gasteiger partial charge on any atom is -0.453 e. The molecule has 0 spiro atoms. The lowest BCUT2D eigenvalue weighted by Crippen LogP contribution is -2.05. The Morgan fingerprint density at radius 3 is 2.38 bits per heavy atom. The topological polar surface area (TPSA) is 21.3 Å². The van der Waals surface area contributed by atoms with Gasteiger partial charge in [0.1, 0.15) is 0 Å². The molecule has 1 aliphatic rings. The molecule has 2 heteroatoms. The van der Waals surface area contributed by atoms with Crippen LogP contribution in [0.4, 0.5) is 11.4 Å². The smallest absolute Gasteiger partial charge is 0.151 e. The van der Waals surface area contributed by atoms with Gasteiger partial charge in [-0.3, -0.25) is 0 Å². The quantitative estimate of drug-likeness (QED) is 0.547. The number of ether oxygens (including phenoxy) is 1. The van der Waals surface area contributed by atoms with Crippen LogP contribution in [0.5, 0.6) is 11.5 Å². The lowest BCUT2D eigenvalue weighted by Gasteiger charge is -2.24. The lowest BCUT2D eigenvalue weighted by atomic mass is 10.0. The van der Waals surface area contributed by atoms with Crippen molar-refractivity contribution in [2.75, 3.05) is 5.32 Å². The monoisotopic (exact) mass is 273 g/mol. The van der Waals surface area contributed by atoms with Gasteiger partial charge >= 0.3 is 0 Å². The summed E-state index contributed by atoms with van der Waals surface area (Å²) in [5, 5.41) is 3.50. The molecule has 0 saturated heterocycles. The number of hydrogen-bond donors (Lipinski definition) is 1. The van der Waals surface area contributed by atoms with Crippen molar-refractivity contribution in [2.24, 2.45) is 0 Å². The summed E-state index contributed by atoms with van der Waals surface area (Å²) in [7, 11) is 0. The maximum Gasteiger partial charge on any atom is 0.151 e. The van der Waals surface area contributed by atoms with Crippen LogP contribution in [0.2, 0.25) is 0 Å². The molecule has 0 bridgehead atoms. The third-order valence-corrected chi connectivity index (χ3v) is 3.72. The van der Waals surface area contributed by atoms with Crippen molar-refractivity contribution in [3.8, 4) is 11.5 Å². The van der Waals surface area contributed by atoms with Gasteiger partial charge in [-0.1, -0.05) is 54.6 Å². The van der Waals surface area contributed by atoms with E-state index in [1.807, 2.05) is 42.5 Å². The Bertz CT molecular complexity index is 781. The van der Waals surface area contributed by atoms with Gasteiger partial charge in [0.25, 0.3) is 0 Å². The van der Waals surface area contributed by atoms with Crippen molar-refractivity contribution >= 4 is 11.4 Å². The van der Waals surface area contributed by atoms with Crippen LogP contribution in [0.3, 0.4) is 0 Å². The minimum atomic E-state index is 0.877. The Morgan fingerprint density at radius 1 is 0.714 bits per heavy atom. The van der Waals surface area contributed by atoms with Gasteiger partial charge in [0.2, 0.25) is 0 Å². The van der Waals surface area contributed by atoms with Crippen molar-refractivity contribution in [3.63, 3.8) is 0 Å². The molecule has 0 radical (unpaired) electrons. The zero-order chi connectivity index (χ0) is 14.1. The predicted octanol–water partition coefficient (Wildman–Crippen LogP) is 5.13. The van der Waals surface area contributed by atoms with Crippen LogP contribution in [0.25, 0.3) is 0 Å². The van der Waals surface area contributed by atoms with Crippen LogP contribution < -0.4 is 10.1 Å². The first-order valence-electron chi connectivity index (χ1n) is 7.10. The van der Waals surface area contributed by atoms with Crippen LogP contribution in [-0.2, 0) is 6.42 Å². The molecule has 3 aromatic carbocycles. The molecule has 0 aliphatic carbocycles. The highest BCUT2D eigenvalue weighted by molar-refractivity contribution is 5.78. The Balaban J connectivity index is 1.73. The standard InChI is InChI=1S/C19H15NO/c1-2-7-14(8-3-1)13-15-9-6-12-18-19(15)20-16-10-4-5-11-17(16)21-18/h1-12,20H,13H2. The lowest BCUT2D eigenvalue weighted by molar-refractivity contribution is 0.480. The van der Waals surface area contributed by atoms with Crippen molar-refractivity contribution < 1.29 is 4.74 Å². The zero-order valence-electron chi connectivity index (χ0n) is 11.5. The van der Waals surface area contributed by atoms with Gasteiger partial charge in [-0.05, 0) is 35.7 Å². The van der Waals surface area contributed by atoms with E-state index in [-0.39, 0.29) is 0 Å². The second-order valence-electron chi connectivity index (χ2n) is 5.18. The molecule has 1 heterocycles. The Kier molecular flexibility index (Phi) is 2.86. The molecule has 0 unspecified atom stereocenters. The highest BCUT2D eigenvalue weighted by atomic mass is 16.5. The third kappa shape index (κ3) is 2.25. The second-order valence-corrected chi connectivity index (χ2v) is 5.18. The summed E-state index contributed by atoms with van der Waals surface area (Å²) in [5.41, 5.74) is 4.63. The summed E-state index contributed by atoms with van der Waals surface area (Å²) in [4.78, 5) is 0. The first-order chi connectivity index (χ1) is 10.4. The minimum absolute atomic E-state index is 0.877. The number of hydrogen-bond acceptors (Lipinski definition) is 2. The van der Waals surface area contributed by atoms with E-state index in [1.165, 1.54) is 11.1 Å². The molecule has 4 rings (SSSR count). The summed E-state index contributed by atoms with van der Waals surface area (Å²) >= 11 is 0. The molecule has 0 atom stereocenters. The largest absolute Gasteiger partial charge is 0.453 e. The average molecular weight is 273 g/mol.